The zero-order valence-corrected chi connectivity index (χ0v) is 17.8. The van der Waals surface area contributed by atoms with Gasteiger partial charge in [-0.2, -0.15) is 0 Å². The normalized spacial score (nSPS) is 41.5. The molecule has 0 aliphatic carbocycles. The maximum atomic E-state index is 10.8. The molecule has 0 unspecified atom stereocenters. The summed E-state index contributed by atoms with van der Waals surface area (Å²) in [5.41, 5.74) is 0. The molecule has 0 aromatic heterocycles. The third kappa shape index (κ3) is 7.19. The van der Waals surface area contributed by atoms with Gasteiger partial charge in [0.05, 0.1) is 13.2 Å². The standard InChI is InChI=1S/C13H24O17S2/c1-25-12-10(18)8(16)11(5(29-12)3-27-32(22,23)24)30-13-9(17)7(15)6(14)4(28-13)2-26-31(19,20)21/h4-18H,2-3H2,1H3,(H,19,20,21)(H,22,23,24)/p-2/t4-,5-,6-,7+,8-,9-,10-,11-,12-,13-/m1/s1. The maximum absolute atomic E-state index is 10.8. The van der Waals surface area contributed by atoms with Gasteiger partial charge in [0.25, 0.3) is 0 Å². The number of hydrogen-bond acceptors (Lipinski definition) is 17. The highest BCUT2D eigenvalue weighted by Gasteiger charge is 2.51. The molecule has 17 nitrogen and oxygen atoms in total. The van der Waals surface area contributed by atoms with Crippen molar-refractivity contribution in [3.63, 3.8) is 0 Å². The summed E-state index contributed by atoms with van der Waals surface area (Å²) in [5, 5.41) is 50.4. The first-order chi connectivity index (χ1) is 14.6. The minimum absolute atomic E-state index is 1.03. The predicted molar refractivity (Wildman–Crippen MR) is 90.5 cm³/mol. The topological polar surface area (TPSA) is 271 Å². The minimum atomic E-state index is -5.22. The molecule has 2 heterocycles. The Kier molecular flexibility index (Phi) is 9.28. The Hall–Kier alpha value is -0.620. The molecule has 19 heteroatoms. The summed E-state index contributed by atoms with van der Waals surface area (Å²) in [6, 6.07) is 0. The van der Waals surface area contributed by atoms with Crippen LogP contribution in [-0.4, -0.2) is 133 Å². The molecule has 0 aromatic rings. The lowest BCUT2D eigenvalue weighted by Crippen LogP contribution is -2.64. The summed E-state index contributed by atoms with van der Waals surface area (Å²) in [5.74, 6) is 0. The molecule has 0 aromatic carbocycles. The lowest BCUT2D eigenvalue weighted by atomic mass is 9.97. The van der Waals surface area contributed by atoms with Crippen LogP contribution in [0.5, 0.6) is 0 Å². The lowest BCUT2D eigenvalue weighted by molar-refractivity contribution is -0.356. The molecule has 0 spiro atoms. The van der Waals surface area contributed by atoms with Gasteiger partial charge in [0.15, 0.2) is 12.6 Å². The fraction of sp³-hybridized carbons (Fsp3) is 1.00. The number of hydrogen-bond donors (Lipinski definition) is 5. The van der Waals surface area contributed by atoms with Crippen LogP contribution in [-0.2, 0) is 48.1 Å². The first-order valence-electron chi connectivity index (χ1n) is 8.74. The van der Waals surface area contributed by atoms with Gasteiger partial charge in [-0.3, -0.25) is 8.37 Å². The third-order valence-electron chi connectivity index (χ3n) is 4.59. The summed E-state index contributed by atoms with van der Waals surface area (Å²) < 4.78 is 92.5. The summed E-state index contributed by atoms with van der Waals surface area (Å²) in [6.45, 7) is -2.12. The molecule has 0 bridgehead atoms. The molecule has 2 saturated heterocycles. The number of aliphatic hydroxyl groups is 5. The number of ether oxygens (including phenoxy) is 4. The van der Waals surface area contributed by atoms with E-state index in [1.165, 1.54) is 0 Å². The SMILES string of the molecule is CO[C@@H]1O[C@H](COS(=O)(=O)[O-])[C@@H](O[C@H]2O[C@H](COS(=O)(=O)[O-])[C@@H](O)[C@H](O)[C@H]2O)[C@H](O)[C@H]1O. The van der Waals surface area contributed by atoms with E-state index < -0.39 is 95.4 Å². The van der Waals surface area contributed by atoms with Gasteiger partial charge in [0.2, 0.25) is 20.8 Å². The Morgan fingerprint density at radius 2 is 1.19 bits per heavy atom. The van der Waals surface area contributed by atoms with Crippen molar-refractivity contribution in [3.05, 3.63) is 0 Å². The molecular weight excluding hydrogens is 492 g/mol. The van der Waals surface area contributed by atoms with E-state index in [0.29, 0.717) is 0 Å². The van der Waals surface area contributed by atoms with Crippen molar-refractivity contribution >= 4 is 20.8 Å². The average molecular weight is 514 g/mol. The van der Waals surface area contributed by atoms with Crippen molar-refractivity contribution in [3.8, 4) is 0 Å². The fourth-order valence-electron chi connectivity index (χ4n) is 3.03. The molecule has 2 rings (SSSR count). The van der Waals surface area contributed by atoms with E-state index in [1.807, 2.05) is 0 Å². The highest BCUT2D eigenvalue weighted by atomic mass is 32.3. The minimum Gasteiger partial charge on any atom is -0.726 e. The molecule has 0 saturated carbocycles. The molecule has 190 valence electrons. The average Bonchev–Trinajstić information content (AvgIpc) is 2.68. The molecule has 32 heavy (non-hydrogen) atoms. The summed E-state index contributed by atoms with van der Waals surface area (Å²) in [6.07, 6.45) is -18.3. The summed E-state index contributed by atoms with van der Waals surface area (Å²) in [4.78, 5) is 0. The molecule has 0 amide bonds. The smallest absolute Gasteiger partial charge is 0.217 e. The second kappa shape index (κ2) is 10.8. The fourth-order valence-corrected chi connectivity index (χ4v) is 3.63. The highest BCUT2D eigenvalue weighted by molar-refractivity contribution is 7.81. The van der Waals surface area contributed by atoms with Crippen LogP contribution in [0.2, 0.25) is 0 Å². The van der Waals surface area contributed by atoms with E-state index >= 15 is 0 Å². The Bertz CT molecular complexity index is 816. The van der Waals surface area contributed by atoms with Crippen LogP contribution in [0, 0.1) is 0 Å². The quantitative estimate of drug-likeness (QED) is 0.141. The van der Waals surface area contributed by atoms with Gasteiger partial charge in [-0.15, -0.1) is 0 Å². The van der Waals surface area contributed by atoms with E-state index in [9.17, 15) is 51.5 Å². The second-order valence-electron chi connectivity index (χ2n) is 6.76. The van der Waals surface area contributed by atoms with Gasteiger partial charge in [0, 0.05) is 7.11 Å². The molecule has 2 aliphatic heterocycles. The summed E-state index contributed by atoms with van der Waals surface area (Å²) in [7, 11) is -9.36. The van der Waals surface area contributed by atoms with E-state index in [1.54, 1.807) is 0 Å². The van der Waals surface area contributed by atoms with Gasteiger partial charge in [-0.25, -0.2) is 16.8 Å². The van der Waals surface area contributed by atoms with Crippen LogP contribution < -0.4 is 0 Å². The number of methoxy groups -OCH3 is 1. The first kappa shape index (κ1) is 27.6. The van der Waals surface area contributed by atoms with Crippen molar-refractivity contribution in [2.45, 2.75) is 61.4 Å². The molecule has 2 aliphatic rings. The molecule has 5 N–H and O–H groups in total. The molecule has 2 fully saturated rings. The maximum Gasteiger partial charge on any atom is 0.217 e. The van der Waals surface area contributed by atoms with E-state index in [0.717, 1.165) is 7.11 Å². The largest absolute Gasteiger partial charge is 0.726 e. The van der Waals surface area contributed by atoms with Crippen molar-refractivity contribution in [2.75, 3.05) is 20.3 Å². The van der Waals surface area contributed by atoms with Crippen molar-refractivity contribution in [1.29, 1.82) is 0 Å². The molecular formula is C13H22O17S2-2. The van der Waals surface area contributed by atoms with E-state index in [-0.39, 0.29) is 0 Å². The van der Waals surface area contributed by atoms with Crippen LogP contribution in [0.3, 0.4) is 0 Å². The monoisotopic (exact) mass is 514 g/mol. The zero-order chi connectivity index (χ0) is 24.4. The Balaban J connectivity index is 2.21. The molecule has 0 radical (unpaired) electrons. The van der Waals surface area contributed by atoms with Gasteiger partial charge in [-0.1, -0.05) is 0 Å². The van der Waals surface area contributed by atoms with Crippen LogP contribution in [0.1, 0.15) is 0 Å². The number of rotatable bonds is 9. The van der Waals surface area contributed by atoms with Crippen LogP contribution >= 0.6 is 0 Å². The van der Waals surface area contributed by atoms with E-state index in [4.69, 9.17) is 18.9 Å². The van der Waals surface area contributed by atoms with Gasteiger partial charge in [-0.05, 0) is 0 Å². The van der Waals surface area contributed by atoms with Gasteiger partial charge >= 0.3 is 0 Å². The second-order valence-corrected chi connectivity index (χ2v) is 8.87. The lowest BCUT2D eigenvalue weighted by Gasteiger charge is -2.46. The Labute approximate surface area is 181 Å². The van der Waals surface area contributed by atoms with Crippen molar-refractivity contribution in [1.82, 2.24) is 0 Å². The van der Waals surface area contributed by atoms with Crippen LogP contribution in [0.4, 0.5) is 0 Å². The van der Waals surface area contributed by atoms with Crippen LogP contribution in [0.25, 0.3) is 0 Å². The highest BCUT2D eigenvalue weighted by Crippen LogP contribution is 2.30. The third-order valence-corrected chi connectivity index (χ3v) is 5.44. The van der Waals surface area contributed by atoms with Crippen LogP contribution in [0.15, 0.2) is 0 Å². The van der Waals surface area contributed by atoms with E-state index in [2.05, 4.69) is 8.37 Å². The van der Waals surface area contributed by atoms with Crippen molar-refractivity contribution in [2.24, 2.45) is 0 Å². The number of aliphatic hydroxyl groups excluding tert-OH is 5. The summed E-state index contributed by atoms with van der Waals surface area (Å²) >= 11 is 0. The van der Waals surface area contributed by atoms with Gasteiger partial charge in [0.1, 0.15) is 48.8 Å². The van der Waals surface area contributed by atoms with Crippen molar-refractivity contribution < 1.29 is 78.8 Å². The predicted octanol–water partition coefficient (Wildman–Crippen LogP) is -5.77. The Morgan fingerprint density at radius 1 is 0.719 bits per heavy atom. The Morgan fingerprint density at radius 3 is 1.69 bits per heavy atom. The molecule has 10 atom stereocenters. The first-order valence-corrected chi connectivity index (χ1v) is 11.4. The zero-order valence-electron chi connectivity index (χ0n) is 16.1. The van der Waals surface area contributed by atoms with Gasteiger partial charge < -0.3 is 53.6 Å².